The van der Waals surface area contributed by atoms with Crippen molar-refractivity contribution < 1.29 is 4.42 Å². The van der Waals surface area contributed by atoms with Gasteiger partial charge < -0.3 is 8.82 Å². The Balaban J connectivity index is 1.49. The molecule has 0 atom stereocenters. The van der Waals surface area contributed by atoms with Gasteiger partial charge in [0.1, 0.15) is 11.3 Å². The van der Waals surface area contributed by atoms with Crippen molar-refractivity contribution in [1.29, 1.82) is 0 Å². The molecule has 32 heavy (non-hydrogen) atoms. The van der Waals surface area contributed by atoms with Crippen molar-refractivity contribution in [3.05, 3.63) is 97.2 Å². The van der Waals surface area contributed by atoms with Gasteiger partial charge in [0, 0.05) is 44.1 Å². The van der Waals surface area contributed by atoms with Gasteiger partial charge in [0.05, 0.1) is 16.6 Å². The van der Waals surface area contributed by atoms with Crippen LogP contribution in [0.1, 0.15) is 0 Å². The minimum absolute atomic E-state index is 0.843. The number of furan rings is 1. The van der Waals surface area contributed by atoms with Gasteiger partial charge in [-0.3, -0.25) is 4.98 Å². The van der Waals surface area contributed by atoms with Crippen LogP contribution >= 0.6 is 0 Å². The Morgan fingerprint density at radius 2 is 1.34 bits per heavy atom. The third kappa shape index (κ3) is 1.89. The first-order valence-electron chi connectivity index (χ1n) is 10.8. The van der Waals surface area contributed by atoms with Crippen LogP contribution in [0.15, 0.2) is 102 Å². The summed E-state index contributed by atoms with van der Waals surface area (Å²) in [7, 11) is 0. The van der Waals surface area contributed by atoms with E-state index in [2.05, 4.69) is 71.1 Å². The van der Waals surface area contributed by atoms with E-state index in [1.165, 1.54) is 38.1 Å². The molecule has 4 heterocycles. The van der Waals surface area contributed by atoms with Gasteiger partial charge in [0.2, 0.25) is 0 Å². The maximum atomic E-state index is 6.25. The van der Waals surface area contributed by atoms with Crippen LogP contribution in [0.3, 0.4) is 0 Å². The lowest BCUT2D eigenvalue weighted by Gasteiger charge is -2.03. The van der Waals surface area contributed by atoms with Crippen molar-refractivity contribution in [2.75, 3.05) is 0 Å². The number of fused-ring (bicyclic) bond motifs is 9. The van der Waals surface area contributed by atoms with Crippen LogP contribution in [0.5, 0.6) is 0 Å². The van der Waals surface area contributed by atoms with E-state index >= 15 is 0 Å². The van der Waals surface area contributed by atoms with Gasteiger partial charge in [0.15, 0.2) is 5.58 Å². The monoisotopic (exact) mass is 408 g/mol. The van der Waals surface area contributed by atoms with Crippen molar-refractivity contribution in [3.8, 4) is 11.3 Å². The molecule has 0 unspecified atom stereocenters. The molecule has 0 aliphatic heterocycles. The second-order valence-electron chi connectivity index (χ2n) is 8.42. The molecule has 148 valence electrons. The van der Waals surface area contributed by atoms with Crippen molar-refractivity contribution in [3.63, 3.8) is 0 Å². The van der Waals surface area contributed by atoms with Crippen LogP contribution in [-0.4, -0.2) is 9.38 Å². The highest BCUT2D eigenvalue weighted by Gasteiger charge is 2.18. The molecule has 4 aromatic heterocycles. The lowest BCUT2D eigenvalue weighted by molar-refractivity contribution is 0.668. The first kappa shape index (κ1) is 16.3. The summed E-state index contributed by atoms with van der Waals surface area (Å²) in [6.07, 6.45) is 1.88. The van der Waals surface area contributed by atoms with E-state index in [-0.39, 0.29) is 0 Å². The second-order valence-corrected chi connectivity index (χ2v) is 8.42. The zero-order valence-corrected chi connectivity index (χ0v) is 17.0. The Bertz CT molecular complexity index is 1990. The highest BCUT2D eigenvalue weighted by molar-refractivity contribution is 6.23. The quantitative estimate of drug-likeness (QED) is 0.277. The van der Waals surface area contributed by atoms with E-state index < -0.39 is 0 Å². The molecule has 0 saturated heterocycles. The van der Waals surface area contributed by atoms with E-state index in [9.17, 15) is 0 Å². The van der Waals surface area contributed by atoms with Crippen molar-refractivity contribution >= 4 is 60.0 Å². The third-order valence-electron chi connectivity index (χ3n) is 6.79. The average Bonchev–Trinajstić information content (AvgIpc) is 3.50. The summed E-state index contributed by atoms with van der Waals surface area (Å²) in [4.78, 5) is 4.73. The highest BCUT2D eigenvalue weighted by atomic mass is 16.3. The van der Waals surface area contributed by atoms with Crippen LogP contribution in [0.4, 0.5) is 0 Å². The molecule has 0 N–H and O–H groups in total. The predicted octanol–water partition coefficient (Wildman–Crippen LogP) is 7.80. The molecule has 8 rings (SSSR count). The van der Waals surface area contributed by atoms with E-state index in [1.807, 2.05) is 30.5 Å². The van der Waals surface area contributed by atoms with E-state index in [0.29, 0.717) is 0 Å². The molecule has 0 fully saturated rings. The number of hydrogen-bond acceptors (Lipinski definition) is 2. The van der Waals surface area contributed by atoms with Gasteiger partial charge in [-0.2, -0.15) is 0 Å². The molecule has 0 amide bonds. The molecule has 0 aliphatic carbocycles. The largest absolute Gasteiger partial charge is 0.454 e. The maximum absolute atomic E-state index is 6.25. The van der Waals surface area contributed by atoms with Crippen LogP contribution in [0.25, 0.3) is 71.3 Å². The van der Waals surface area contributed by atoms with Gasteiger partial charge >= 0.3 is 0 Å². The van der Waals surface area contributed by atoms with Gasteiger partial charge in [-0.1, -0.05) is 60.7 Å². The summed E-state index contributed by atoms with van der Waals surface area (Å²) < 4.78 is 8.65. The summed E-state index contributed by atoms with van der Waals surface area (Å²) in [5.74, 6) is 0. The van der Waals surface area contributed by atoms with E-state index in [0.717, 1.165) is 33.2 Å². The van der Waals surface area contributed by atoms with Crippen molar-refractivity contribution in [2.45, 2.75) is 0 Å². The Kier molecular flexibility index (Phi) is 2.89. The summed E-state index contributed by atoms with van der Waals surface area (Å²) >= 11 is 0. The number of para-hydroxylation sites is 3. The Hall–Kier alpha value is -4.37. The summed E-state index contributed by atoms with van der Waals surface area (Å²) in [6, 6.07) is 32.1. The molecule has 0 spiro atoms. The molecule has 0 bridgehead atoms. The Morgan fingerprint density at radius 3 is 2.28 bits per heavy atom. The molecule has 3 heteroatoms. The number of rotatable bonds is 1. The van der Waals surface area contributed by atoms with Gasteiger partial charge in [0.25, 0.3) is 0 Å². The number of pyridine rings is 1. The maximum Gasteiger partial charge on any atom is 0.161 e. The fourth-order valence-corrected chi connectivity index (χ4v) is 5.44. The van der Waals surface area contributed by atoms with Gasteiger partial charge in [-0.05, 0) is 30.3 Å². The molecule has 0 aliphatic rings. The van der Waals surface area contributed by atoms with E-state index in [1.54, 1.807) is 0 Å². The highest BCUT2D eigenvalue weighted by Crippen LogP contribution is 2.41. The molecule has 0 saturated carbocycles. The fourth-order valence-electron chi connectivity index (χ4n) is 5.44. The summed E-state index contributed by atoms with van der Waals surface area (Å²) in [6.45, 7) is 0. The molecule has 0 radical (unpaired) electrons. The van der Waals surface area contributed by atoms with Crippen molar-refractivity contribution in [2.24, 2.45) is 0 Å². The molecule has 8 aromatic rings. The number of benzene rings is 4. The normalized spacial score (nSPS) is 12.4. The Labute approximate surface area is 182 Å². The molecule has 3 nitrogen and oxygen atoms in total. The smallest absolute Gasteiger partial charge is 0.161 e. The first-order chi connectivity index (χ1) is 15.9. The van der Waals surface area contributed by atoms with Crippen LogP contribution < -0.4 is 0 Å². The van der Waals surface area contributed by atoms with Crippen LogP contribution in [0, 0.1) is 0 Å². The number of aromatic nitrogens is 2. The van der Waals surface area contributed by atoms with Gasteiger partial charge in [-0.25, -0.2) is 0 Å². The number of nitrogens with zero attached hydrogens (tertiary/aromatic N) is 2. The predicted molar refractivity (Wildman–Crippen MR) is 132 cm³/mol. The lowest BCUT2D eigenvalue weighted by atomic mass is 10.0. The Morgan fingerprint density at radius 1 is 0.594 bits per heavy atom. The first-order valence-corrected chi connectivity index (χ1v) is 10.8. The molecular weight excluding hydrogens is 392 g/mol. The molecule has 4 aromatic carbocycles. The van der Waals surface area contributed by atoms with Gasteiger partial charge in [-0.15, -0.1) is 0 Å². The van der Waals surface area contributed by atoms with Crippen LogP contribution in [-0.2, 0) is 0 Å². The summed E-state index contributed by atoms with van der Waals surface area (Å²) in [5.41, 5.74) is 7.45. The second kappa shape index (κ2) is 5.65. The zero-order valence-electron chi connectivity index (χ0n) is 17.0. The minimum atomic E-state index is 0.843. The van der Waals surface area contributed by atoms with Crippen LogP contribution in [0.2, 0.25) is 0 Å². The number of hydrogen-bond donors (Lipinski definition) is 0. The zero-order chi connectivity index (χ0) is 20.8. The van der Waals surface area contributed by atoms with E-state index in [4.69, 9.17) is 9.40 Å². The summed E-state index contributed by atoms with van der Waals surface area (Å²) in [5, 5.41) is 7.34. The fraction of sp³-hybridized carbons (Fsp3) is 0. The minimum Gasteiger partial charge on any atom is -0.454 e. The standard InChI is InChI=1S/C29H16N2O/c1-3-10-24-18(6-1)20-8-5-9-21-23-16-17(12-13-25(23)31(24)28(20)21)27-29-22(14-15-30-27)19-7-2-4-11-26(19)32-29/h1-16H. The third-order valence-corrected chi connectivity index (χ3v) is 6.79. The average molecular weight is 408 g/mol. The SMILES string of the molecule is c1ccc2c(c1)oc1c(-c3ccc4c(c3)c3cccc5c6ccccc6n4c53)nccc12. The lowest BCUT2D eigenvalue weighted by Crippen LogP contribution is -1.85. The molecular formula is C29H16N2O. The van der Waals surface area contributed by atoms with Crippen molar-refractivity contribution in [1.82, 2.24) is 9.38 Å². The topological polar surface area (TPSA) is 30.4 Å².